The van der Waals surface area contributed by atoms with E-state index in [4.69, 9.17) is 0 Å². The average molecular weight is 543 g/mol. The minimum Gasteiger partial charge on any atom is -0.207 e. The lowest BCUT2D eigenvalue weighted by molar-refractivity contribution is 0.0124. The van der Waals surface area contributed by atoms with Gasteiger partial charge in [0, 0.05) is 24.3 Å². The van der Waals surface area contributed by atoms with Crippen LogP contribution in [-0.2, 0) is 0 Å². The van der Waals surface area contributed by atoms with E-state index in [2.05, 4.69) is 0 Å². The van der Waals surface area contributed by atoms with Gasteiger partial charge in [0.15, 0.2) is 0 Å². The van der Waals surface area contributed by atoms with Crippen LogP contribution in [0.15, 0.2) is 96.2 Å². The maximum atomic E-state index is 15.4. The molecule has 0 N–H and O–H groups in total. The average Bonchev–Trinajstić information content (AvgIpc) is 2.69. The molecular weight excluding hydrogens is 527 g/mol. The number of allylic oxidation sites excluding steroid dienone is 16. The van der Waals surface area contributed by atoms with Crippen LogP contribution >= 0.6 is 0 Å². The zero-order valence-corrected chi connectivity index (χ0v) is 18.4. The van der Waals surface area contributed by atoms with E-state index < -0.39 is 101 Å². The van der Waals surface area contributed by atoms with Crippen molar-refractivity contribution >= 4 is 6.15 Å². The Morgan fingerprint density at radius 3 is 0.757 bits per heavy atom. The fraction of sp³-hybridized carbons (Fsp3) is 0.333. The van der Waals surface area contributed by atoms with Crippen molar-refractivity contribution in [2.75, 3.05) is 0 Å². The molecule has 13 heteroatoms. The first-order valence-corrected chi connectivity index (χ1v) is 10.9. The summed E-state index contributed by atoms with van der Waals surface area (Å²) in [5, 5.41) is 0. The van der Waals surface area contributed by atoms with Gasteiger partial charge in [-0.2, -0.15) is 0 Å². The molecule has 4 rings (SSSR count). The molecule has 0 aromatic heterocycles. The van der Waals surface area contributed by atoms with Crippen molar-refractivity contribution in [3.05, 3.63) is 96.2 Å². The van der Waals surface area contributed by atoms with Gasteiger partial charge in [-0.15, -0.1) is 24.3 Å². The third kappa shape index (κ3) is 4.43. The summed E-state index contributed by atoms with van der Waals surface area (Å²) >= 11 is 0. The molecule has 0 fully saturated rings. The molecule has 4 aliphatic carbocycles. The van der Waals surface area contributed by atoms with Crippen molar-refractivity contribution in [1.29, 1.82) is 0 Å². The minimum atomic E-state index is -4.77. The fourth-order valence-corrected chi connectivity index (χ4v) is 6.26. The van der Waals surface area contributed by atoms with Gasteiger partial charge in [0.1, 0.15) is 23.3 Å². The lowest BCUT2D eigenvalue weighted by atomic mass is 9.02. The third-order valence-corrected chi connectivity index (χ3v) is 7.44. The summed E-state index contributed by atoms with van der Waals surface area (Å²) in [5.41, 5.74) is 0. The maximum Gasteiger partial charge on any atom is 0.244 e. The van der Waals surface area contributed by atoms with Crippen LogP contribution in [-0.4, -0.2) is 29.8 Å². The molecule has 0 bridgehead atoms. The predicted molar refractivity (Wildman–Crippen MR) is 114 cm³/mol. The summed E-state index contributed by atoms with van der Waals surface area (Å²) in [7, 11) is 0. The molecule has 0 saturated heterocycles. The fourth-order valence-electron chi connectivity index (χ4n) is 6.26. The number of halogens is 12. The Hall–Kier alpha value is -2.86. The molecule has 0 aromatic rings. The smallest absolute Gasteiger partial charge is 0.207 e. The van der Waals surface area contributed by atoms with Crippen LogP contribution in [0.4, 0.5) is 52.7 Å². The van der Waals surface area contributed by atoms with Gasteiger partial charge in [0.25, 0.3) is 0 Å². The Morgan fingerprint density at radius 1 is 0.405 bits per heavy atom. The zero-order chi connectivity index (χ0) is 27.6. The van der Waals surface area contributed by atoms with Gasteiger partial charge in [-0.05, 0) is 24.3 Å². The van der Waals surface area contributed by atoms with Crippen LogP contribution in [0.5, 0.6) is 0 Å². The zero-order valence-electron chi connectivity index (χ0n) is 18.4. The molecule has 4 unspecified atom stereocenters. The molecule has 0 heterocycles. The Labute approximate surface area is 202 Å². The molecule has 4 atom stereocenters. The highest BCUT2D eigenvalue weighted by molar-refractivity contribution is 6.88. The van der Waals surface area contributed by atoms with Crippen molar-refractivity contribution in [1.82, 2.24) is 0 Å². The van der Waals surface area contributed by atoms with Crippen molar-refractivity contribution in [3.8, 4) is 0 Å². The van der Waals surface area contributed by atoms with Crippen molar-refractivity contribution in [3.63, 3.8) is 0 Å². The largest absolute Gasteiger partial charge is 0.244 e. The van der Waals surface area contributed by atoms with E-state index in [1.165, 1.54) is 0 Å². The van der Waals surface area contributed by atoms with Crippen LogP contribution in [0.2, 0.25) is 23.3 Å². The van der Waals surface area contributed by atoms with Crippen LogP contribution < -0.4 is 0 Å². The lowest BCUT2D eigenvalue weighted by Crippen LogP contribution is -2.65. The van der Waals surface area contributed by atoms with E-state index in [1.54, 1.807) is 0 Å². The highest BCUT2D eigenvalue weighted by atomic mass is 19.3. The first-order valence-electron chi connectivity index (χ1n) is 10.9. The van der Waals surface area contributed by atoms with Gasteiger partial charge in [0.2, 0.25) is 23.7 Å². The summed E-state index contributed by atoms with van der Waals surface area (Å²) in [5.74, 6) is -36.6. The molecule has 0 aliphatic heterocycles. The van der Waals surface area contributed by atoms with Gasteiger partial charge in [0.05, 0.1) is 6.15 Å². The summed E-state index contributed by atoms with van der Waals surface area (Å²) in [6.07, 6.45) is -4.14. The molecule has 0 radical (unpaired) electrons. The summed E-state index contributed by atoms with van der Waals surface area (Å²) in [6, 6.07) is 0. The van der Waals surface area contributed by atoms with E-state index in [-0.39, 0.29) is 24.3 Å². The van der Waals surface area contributed by atoms with E-state index >= 15 is 35.1 Å². The normalized spacial score (nSPS) is 34.7. The number of hydrogen-bond donors (Lipinski definition) is 0. The minimum absolute atomic E-state index is 0.227. The second-order valence-corrected chi connectivity index (χ2v) is 9.51. The third-order valence-electron chi connectivity index (χ3n) is 7.44. The second kappa shape index (κ2) is 8.59. The molecule has 0 spiro atoms. The molecule has 0 saturated carbocycles. The number of hydrogen-bond acceptors (Lipinski definition) is 0. The Morgan fingerprint density at radius 2 is 0.595 bits per heavy atom. The van der Waals surface area contributed by atoms with Crippen molar-refractivity contribution < 1.29 is 52.7 Å². The lowest BCUT2D eigenvalue weighted by Gasteiger charge is -2.63. The van der Waals surface area contributed by atoms with E-state index in [0.29, 0.717) is 24.3 Å². The molecule has 0 aromatic carbocycles. The van der Waals surface area contributed by atoms with Gasteiger partial charge in [-0.1, -0.05) is 23.3 Å². The molecule has 37 heavy (non-hydrogen) atoms. The highest BCUT2D eigenvalue weighted by Gasteiger charge is 2.68. The first kappa shape index (κ1) is 27.2. The topological polar surface area (TPSA) is 0 Å². The SMILES string of the molecule is FC1=CC(F)(F)C([B-](C2C=CC(F)=CC2(F)F)(C2C=CC(F)=CC2(F)F)C2C=CC(F)=CC2(F)F)C=C1. The van der Waals surface area contributed by atoms with Crippen LogP contribution in [0.1, 0.15) is 0 Å². The van der Waals surface area contributed by atoms with Gasteiger partial charge in [-0.25, -0.2) is 52.7 Å². The number of rotatable bonds is 4. The Bertz CT molecular complexity index is 1020. The van der Waals surface area contributed by atoms with Crippen LogP contribution in [0, 0.1) is 0 Å². The summed E-state index contributed by atoms with van der Waals surface area (Å²) < 4.78 is 179. The van der Waals surface area contributed by atoms with Crippen LogP contribution in [0.25, 0.3) is 0 Å². The van der Waals surface area contributed by atoms with E-state index in [0.717, 1.165) is 0 Å². The summed E-state index contributed by atoms with van der Waals surface area (Å²) in [6.45, 7) is 0. The predicted octanol–water partition coefficient (Wildman–Crippen LogP) is 9.15. The van der Waals surface area contributed by atoms with Gasteiger partial charge < -0.3 is 0 Å². The van der Waals surface area contributed by atoms with Crippen LogP contribution in [0.3, 0.4) is 0 Å². The van der Waals surface area contributed by atoms with Crippen molar-refractivity contribution in [2.45, 2.75) is 47.0 Å². The second-order valence-electron chi connectivity index (χ2n) is 9.51. The Kier molecular flexibility index (Phi) is 6.31. The molecule has 4 aliphatic rings. The quantitative estimate of drug-likeness (QED) is 0.245. The van der Waals surface area contributed by atoms with Gasteiger partial charge >= 0.3 is 0 Å². The molecule has 0 amide bonds. The standard InChI is InChI=1S/C24H16BF12/c26-13-1-5-17(21(30,31)9-13)25(18-6-2-14(27)10-22(18,32)33,19-7-3-15(28)11-23(19,34)35)20-8-4-16(29)12-24(20,36)37/h1-12,17-20H/q-1. The van der Waals surface area contributed by atoms with E-state index in [1.807, 2.05) is 0 Å². The first-order chi connectivity index (χ1) is 16.9. The van der Waals surface area contributed by atoms with Crippen molar-refractivity contribution in [2.24, 2.45) is 0 Å². The monoisotopic (exact) mass is 543 g/mol. The number of alkyl halides is 8. The van der Waals surface area contributed by atoms with E-state index in [9.17, 15) is 17.6 Å². The maximum absolute atomic E-state index is 15.4. The summed E-state index contributed by atoms with van der Waals surface area (Å²) in [4.78, 5) is 0. The molecular formula is C24H16BF12-. The highest BCUT2D eigenvalue weighted by Crippen LogP contribution is 2.68. The molecule has 200 valence electrons. The molecule has 0 nitrogen and oxygen atoms in total. The Balaban J connectivity index is 2.14. The van der Waals surface area contributed by atoms with Gasteiger partial charge in [-0.3, -0.25) is 0 Å².